The normalized spacial score (nSPS) is 10.3. The number of ether oxygens (including phenoxy) is 1. The summed E-state index contributed by atoms with van der Waals surface area (Å²) in [6.45, 7) is 2.65. The molecule has 3 nitrogen and oxygen atoms in total. The first kappa shape index (κ1) is 17.7. The summed E-state index contributed by atoms with van der Waals surface area (Å²) >= 11 is 7.42. The van der Waals surface area contributed by atoms with Gasteiger partial charge in [-0.05, 0) is 55.5 Å². The lowest BCUT2D eigenvalue weighted by atomic mass is 10.2. The quantitative estimate of drug-likeness (QED) is 0.696. The summed E-state index contributed by atoms with van der Waals surface area (Å²) in [7, 11) is 0. The molecule has 2 rings (SSSR count). The molecule has 0 saturated heterocycles. The number of benzene rings is 2. The van der Waals surface area contributed by atoms with Crippen LogP contribution in [0.4, 0.5) is 5.69 Å². The molecule has 0 fully saturated rings. The van der Waals surface area contributed by atoms with Crippen molar-refractivity contribution in [2.75, 3.05) is 23.4 Å². The largest absolute Gasteiger partial charge is 0.494 e. The third kappa shape index (κ3) is 6.97. The number of carbonyl (C=O) groups is 1. The molecule has 0 aliphatic carbocycles. The second-order valence-electron chi connectivity index (χ2n) is 5.12. The van der Waals surface area contributed by atoms with Gasteiger partial charge in [0, 0.05) is 10.7 Å². The molecule has 0 bridgehead atoms. The van der Waals surface area contributed by atoms with Crippen LogP contribution in [0, 0.1) is 6.92 Å². The highest BCUT2D eigenvalue weighted by Crippen LogP contribution is 2.16. The maximum atomic E-state index is 11.8. The first-order chi connectivity index (χ1) is 11.1. The lowest BCUT2D eigenvalue weighted by Crippen LogP contribution is -2.14. The van der Waals surface area contributed by atoms with Crippen molar-refractivity contribution in [2.45, 2.75) is 13.3 Å². The number of thioether (sulfide) groups is 1. The number of amides is 1. The Labute approximate surface area is 146 Å². The van der Waals surface area contributed by atoms with Crippen molar-refractivity contribution < 1.29 is 9.53 Å². The number of rotatable bonds is 8. The lowest BCUT2D eigenvalue weighted by Gasteiger charge is -2.07. The fourth-order valence-electron chi connectivity index (χ4n) is 1.88. The SMILES string of the molecule is Cc1ccc(NC(=O)CSCCCOc2ccc(Cl)cc2)cc1. The Hall–Kier alpha value is -1.65. The summed E-state index contributed by atoms with van der Waals surface area (Å²) in [5.41, 5.74) is 2.02. The number of anilines is 1. The molecule has 0 heterocycles. The van der Waals surface area contributed by atoms with Crippen LogP contribution in [-0.2, 0) is 4.79 Å². The highest BCUT2D eigenvalue weighted by molar-refractivity contribution is 7.99. The minimum atomic E-state index is 0.0254. The van der Waals surface area contributed by atoms with E-state index in [0.29, 0.717) is 17.4 Å². The number of carbonyl (C=O) groups excluding carboxylic acids is 1. The van der Waals surface area contributed by atoms with Crippen LogP contribution >= 0.6 is 23.4 Å². The van der Waals surface area contributed by atoms with E-state index in [4.69, 9.17) is 16.3 Å². The smallest absolute Gasteiger partial charge is 0.234 e. The van der Waals surface area contributed by atoms with Crippen molar-refractivity contribution in [1.82, 2.24) is 0 Å². The van der Waals surface area contributed by atoms with Crippen LogP contribution in [0.25, 0.3) is 0 Å². The van der Waals surface area contributed by atoms with Gasteiger partial charge in [0.05, 0.1) is 12.4 Å². The van der Waals surface area contributed by atoms with Gasteiger partial charge in [0.15, 0.2) is 0 Å². The number of aryl methyl sites for hydroxylation is 1. The van der Waals surface area contributed by atoms with E-state index in [-0.39, 0.29) is 5.91 Å². The molecule has 0 aliphatic rings. The van der Waals surface area contributed by atoms with Gasteiger partial charge in [-0.2, -0.15) is 11.8 Å². The third-order valence-electron chi connectivity index (χ3n) is 3.08. The molecule has 0 aliphatic heterocycles. The standard InChI is InChI=1S/C18H20ClNO2S/c1-14-3-7-16(8-4-14)20-18(21)13-23-12-2-11-22-17-9-5-15(19)6-10-17/h3-10H,2,11-13H2,1H3,(H,20,21). The zero-order valence-corrected chi connectivity index (χ0v) is 14.6. The highest BCUT2D eigenvalue weighted by Gasteiger charge is 2.02. The van der Waals surface area contributed by atoms with Crippen molar-refractivity contribution in [3.8, 4) is 5.75 Å². The van der Waals surface area contributed by atoms with Gasteiger partial charge in [-0.25, -0.2) is 0 Å². The van der Waals surface area contributed by atoms with Gasteiger partial charge in [0.25, 0.3) is 0 Å². The Morgan fingerprint density at radius 2 is 1.83 bits per heavy atom. The predicted molar refractivity (Wildman–Crippen MR) is 98.7 cm³/mol. The first-order valence-corrected chi connectivity index (χ1v) is 8.99. The molecule has 2 aromatic carbocycles. The van der Waals surface area contributed by atoms with E-state index in [1.165, 1.54) is 5.56 Å². The van der Waals surface area contributed by atoms with Crippen LogP contribution in [0.2, 0.25) is 5.02 Å². The average molecular weight is 350 g/mol. The van der Waals surface area contributed by atoms with Crippen LogP contribution in [0.15, 0.2) is 48.5 Å². The first-order valence-electron chi connectivity index (χ1n) is 7.46. The number of hydrogen-bond donors (Lipinski definition) is 1. The zero-order chi connectivity index (χ0) is 16.5. The fraction of sp³-hybridized carbons (Fsp3) is 0.278. The lowest BCUT2D eigenvalue weighted by molar-refractivity contribution is -0.113. The molecule has 2 aromatic rings. The minimum absolute atomic E-state index is 0.0254. The molecule has 0 saturated carbocycles. The average Bonchev–Trinajstić information content (AvgIpc) is 2.54. The van der Waals surface area contributed by atoms with Crippen LogP contribution in [0.3, 0.4) is 0 Å². The molecular formula is C18H20ClNO2S. The predicted octanol–water partition coefficient (Wildman–Crippen LogP) is 4.79. The van der Waals surface area contributed by atoms with Gasteiger partial charge < -0.3 is 10.1 Å². The summed E-state index contributed by atoms with van der Waals surface area (Å²) in [5.74, 6) is 2.18. The molecule has 122 valence electrons. The molecule has 23 heavy (non-hydrogen) atoms. The van der Waals surface area contributed by atoms with E-state index in [2.05, 4.69) is 5.32 Å². The Morgan fingerprint density at radius 3 is 2.52 bits per heavy atom. The van der Waals surface area contributed by atoms with E-state index >= 15 is 0 Å². The third-order valence-corrected chi connectivity index (χ3v) is 4.38. The maximum Gasteiger partial charge on any atom is 0.234 e. The van der Waals surface area contributed by atoms with Crippen molar-refractivity contribution in [2.24, 2.45) is 0 Å². The Morgan fingerprint density at radius 1 is 1.13 bits per heavy atom. The highest BCUT2D eigenvalue weighted by atomic mass is 35.5. The van der Waals surface area contributed by atoms with E-state index < -0.39 is 0 Å². The molecule has 0 atom stereocenters. The van der Waals surface area contributed by atoms with E-state index in [0.717, 1.165) is 23.6 Å². The van der Waals surface area contributed by atoms with Crippen LogP contribution in [0.5, 0.6) is 5.75 Å². The summed E-state index contributed by atoms with van der Waals surface area (Å²) in [4.78, 5) is 11.8. The summed E-state index contributed by atoms with van der Waals surface area (Å²) in [5, 5.41) is 3.59. The topological polar surface area (TPSA) is 38.3 Å². The van der Waals surface area contributed by atoms with E-state index in [9.17, 15) is 4.79 Å². The van der Waals surface area contributed by atoms with Crippen molar-refractivity contribution >= 4 is 35.0 Å². The molecule has 0 radical (unpaired) electrons. The number of nitrogens with one attached hydrogen (secondary N) is 1. The van der Waals surface area contributed by atoms with Gasteiger partial charge >= 0.3 is 0 Å². The summed E-state index contributed by atoms with van der Waals surface area (Å²) in [6.07, 6.45) is 0.894. The van der Waals surface area contributed by atoms with Crippen molar-refractivity contribution in [3.05, 3.63) is 59.1 Å². The zero-order valence-electron chi connectivity index (χ0n) is 13.0. The Balaban J connectivity index is 1.55. The van der Waals surface area contributed by atoms with E-state index in [1.807, 2.05) is 43.3 Å². The van der Waals surface area contributed by atoms with Gasteiger partial charge in [-0.15, -0.1) is 0 Å². The molecule has 0 unspecified atom stereocenters. The van der Waals surface area contributed by atoms with Gasteiger partial charge in [0.2, 0.25) is 5.91 Å². The maximum absolute atomic E-state index is 11.8. The summed E-state index contributed by atoms with van der Waals surface area (Å²) < 4.78 is 5.60. The minimum Gasteiger partial charge on any atom is -0.494 e. The van der Waals surface area contributed by atoms with Crippen molar-refractivity contribution in [1.29, 1.82) is 0 Å². The summed E-state index contributed by atoms with van der Waals surface area (Å²) in [6, 6.07) is 15.1. The molecule has 1 amide bonds. The molecule has 0 aromatic heterocycles. The Bertz CT molecular complexity index is 614. The Kier molecular flexibility index (Phi) is 7.30. The van der Waals surface area contributed by atoms with Crippen LogP contribution in [-0.4, -0.2) is 24.0 Å². The molecule has 5 heteroatoms. The molecular weight excluding hydrogens is 330 g/mol. The van der Waals surface area contributed by atoms with Crippen LogP contribution < -0.4 is 10.1 Å². The molecule has 0 spiro atoms. The second kappa shape index (κ2) is 9.48. The van der Waals surface area contributed by atoms with Crippen molar-refractivity contribution in [3.63, 3.8) is 0 Å². The number of hydrogen-bond acceptors (Lipinski definition) is 3. The fourth-order valence-corrected chi connectivity index (χ4v) is 2.73. The van der Waals surface area contributed by atoms with Crippen LogP contribution in [0.1, 0.15) is 12.0 Å². The van der Waals surface area contributed by atoms with Gasteiger partial charge in [0.1, 0.15) is 5.75 Å². The molecule has 1 N–H and O–H groups in total. The number of halogens is 1. The van der Waals surface area contributed by atoms with Gasteiger partial charge in [-0.1, -0.05) is 29.3 Å². The monoisotopic (exact) mass is 349 g/mol. The second-order valence-corrected chi connectivity index (χ2v) is 6.66. The van der Waals surface area contributed by atoms with E-state index in [1.54, 1.807) is 23.9 Å². The van der Waals surface area contributed by atoms with Gasteiger partial charge in [-0.3, -0.25) is 4.79 Å².